The predicted octanol–water partition coefficient (Wildman–Crippen LogP) is 4.20. The summed E-state index contributed by atoms with van der Waals surface area (Å²) in [6.07, 6.45) is 6.61. The summed E-state index contributed by atoms with van der Waals surface area (Å²) in [7, 11) is 0. The highest BCUT2D eigenvalue weighted by atomic mass is 35.5. The highest BCUT2D eigenvalue weighted by Gasteiger charge is 2.25. The average molecular weight is 324 g/mol. The normalized spacial score (nSPS) is 15.4. The van der Waals surface area contributed by atoms with Gasteiger partial charge in [0.05, 0.1) is 23.0 Å². The molecule has 0 amide bonds. The SMILES string of the molecule is CCCn1ncc(Cl)c1C(NCC)c1cc2c(s1)CCC2. The highest BCUT2D eigenvalue weighted by molar-refractivity contribution is 7.12. The summed E-state index contributed by atoms with van der Waals surface area (Å²) in [4.78, 5) is 2.94. The molecule has 3 rings (SSSR count). The molecule has 1 aliphatic rings. The zero-order chi connectivity index (χ0) is 14.8. The smallest absolute Gasteiger partial charge is 0.0857 e. The van der Waals surface area contributed by atoms with Crippen LogP contribution in [-0.4, -0.2) is 16.3 Å². The largest absolute Gasteiger partial charge is 0.305 e. The van der Waals surface area contributed by atoms with Crippen molar-refractivity contribution in [3.8, 4) is 0 Å². The number of halogens is 1. The maximum atomic E-state index is 6.44. The van der Waals surface area contributed by atoms with Crippen molar-refractivity contribution in [2.24, 2.45) is 0 Å². The summed E-state index contributed by atoms with van der Waals surface area (Å²) in [5, 5.41) is 8.81. The Morgan fingerprint density at radius 1 is 1.43 bits per heavy atom. The molecule has 0 saturated heterocycles. The van der Waals surface area contributed by atoms with Gasteiger partial charge in [-0.25, -0.2) is 0 Å². The lowest BCUT2D eigenvalue weighted by molar-refractivity contribution is 0.524. The molecule has 2 aromatic heterocycles. The molecule has 0 bridgehead atoms. The zero-order valence-corrected chi connectivity index (χ0v) is 14.2. The topological polar surface area (TPSA) is 29.9 Å². The molecular weight excluding hydrogens is 302 g/mol. The lowest BCUT2D eigenvalue weighted by atomic mass is 10.1. The van der Waals surface area contributed by atoms with E-state index in [1.165, 1.54) is 29.7 Å². The highest BCUT2D eigenvalue weighted by Crippen LogP contribution is 2.37. The van der Waals surface area contributed by atoms with Crippen molar-refractivity contribution in [3.05, 3.63) is 38.3 Å². The third-order valence-corrected chi connectivity index (χ3v) is 5.59. The molecule has 3 nitrogen and oxygen atoms in total. The Balaban J connectivity index is 1.99. The van der Waals surface area contributed by atoms with Crippen molar-refractivity contribution in [1.29, 1.82) is 0 Å². The molecular formula is C16H22ClN3S. The Bertz CT molecular complexity index is 596. The third kappa shape index (κ3) is 2.89. The van der Waals surface area contributed by atoms with E-state index in [-0.39, 0.29) is 6.04 Å². The van der Waals surface area contributed by atoms with Crippen LogP contribution in [0, 0.1) is 0 Å². The molecule has 1 unspecified atom stereocenters. The second-order valence-electron chi connectivity index (χ2n) is 5.54. The first kappa shape index (κ1) is 15.1. The first-order valence-electron chi connectivity index (χ1n) is 7.80. The molecule has 114 valence electrons. The van der Waals surface area contributed by atoms with E-state index in [0.29, 0.717) is 0 Å². The van der Waals surface area contributed by atoms with Crippen LogP contribution in [0.3, 0.4) is 0 Å². The van der Waals surface area contributed by atoms with E-state index < -0.39 is 0 Å². The van der Waals surface area contributed by atoms with Crippen LogP contribution in [-0.2, 0) is 19.4 Å². The summed E-state index contributed by atoms with van der Waals surface area (Å²) in [6.45, 7) is 6.14. The molecule has 2 heterocycles. The van der Waals surface area contributed by atoms with Crippen molar-refractivity contribution in [1.82, 2.24) is 15.1 Å². The lowest BCUT2D eigenvalue weighted by Crippen LogP contribution is -2.24. The molecule has 0 radical (unpaired) electrons. The van der Waals surface area contributed by atoms with Crippen molar-refractivity contribution in [2.75, 3.05) is 6.54 Å². The number of aromatic nitrogens is 2. The Labute approximate surface area is 135 Å². The van der Waals surface area contributed by atoms with Gasteiger partial charge in [0.15, 0.2) is 0 Å². The molecule has 0 aliphatic heterocycles. The van der Waals surface area contributed by atoms with Crippen molar-refractivity contribution in [3.63, 3.8) is 0 Å². The number of fused-ring (bicyclic) bond motifs is 1. The Hall–Kier alpha value is -0.840. The summed E-state index contributed by atoms with van der Waals surface area (Å²) < 4.78 is 2.06. The number of hydrogen-bond donors (Lipinski definition) is 1. The zero-order valence-electron chi connectivity index (χ0n) is 12.7. The van der Waals surface area contributed by atoms with Gasteiger partial charge in [0.25, 0.3) is 0 Å². The van der Waals surface area contributed by atoms with Gasteiger partial charge in [-0.1, -0.05) is 25.4 Å². The summed E-state index contributed by atoms with van der Waals surface area (Å²) in [6, 6.07) is 2.53. The van der Waals surface area contributed by atoms with Crippen molar-refractivity contribution in [2.45, 2.75) is 52.1 Å². The fourth-order valence-electron chi connectivity index (χ4n) is 3.08. The number of hydrogen-bond acceptors (Lipinski definition) is 3. The van der Waals surface area contributed by atoms with Gasteiger partial charge in [-0.2, -0.15) is 5.10 Å². The van der Waals surface area contributed by atoms with Gasteiger partial charge in [0, 0.05) is 16.3 Å². The van der Waals surface area contributed by atoms with Crippen LogP contribution in [0.1, 0.15) is 53.7 Å². The number of nitrogens with one attached hydrogen (secondary N) is 1. The van der Waals surface area contributed by atoms with E-state index in [0.717, 1.165) is 30.2 Å². The van der Waals surface area contributed by atoms with Crippen LogP contribution in [0.25, 0.3) is 0 Å². The Morgan fingerprint density at radius 3 is 3.00 bits per heavy atom. The molecule has 1 aliphatic carbocycles. The summed E-state index contributed by atoms with van der Waals surface area (Å²) in [5.41, 5.74) is 2.65. The van der Waals surface area contributed by atoms with Gasteiger partial charge in [-0.15, -0.1) is 11.3 Å². The van der Waals surface area contributed by atoms with Crippen molar-refractivity contribution < 1.29 is 0 Å². The maximum Gasteiger partial charge on any atom is 0.0857 e. The van der Waals surface area contributed by atoms with Crippen LogP contribution in [0.15, 0.2) is 12.3 Å². The minimum Gasteiger partial charge on any atom is -0.305 e. The van der Waals surface area contributed by atoms with Gasteiger partial charge in [-0.05, 0) is 43.9 Å². The van der Waals surface area contributed by atoms with Gasteiger partial charge in [0.2, 0.25) is 0 Å². The van der Waals surface area contributed by atoms with Gasteiger partial charge >= 0.3 is 0 Å². The van der Waals surface area contributed by atoms with Gasteiger partial charge in [0.1, 0.15) is 0 Å². The second-order valence-corrected chi connectivity index (χ2v) is 7.12. The molecule has 1 atom stereocenters. The van der Waals surface area contributed by atoms with Crippen molar-refractivity contribution >= 4 is 22.9 Å². The molecule has 2 aromatic rings. The van der Waals surface area contributed by atoms with E-state index in [1.807, 2.05) is 11.3 Å². The first-order valence-corrected chi connectivity index (χ1v) is 9.00. The quantitative estimate of drug-likeness (QED) is 0.863. The number of aryl methyl sites for hydroxylation is 3. The molecule has 0 spiro atoms. The van der Waals surface area contributed by atoms with E-state index in [2.05, 4.69) is 35.0 Å². The molecule has 21 heavy (non-hydrogen) atoms. The fourth-order valence-corrected chi connectivity index (χ4v) is 4.67. The number of rotatable bonds is 6. The molecule has 5 heteroatoms. The van der Waals surface area contributed by atoms with E-state index in [1.54, 1.807) is 11.1 Å². The average Bonchev–Trinajstić information content (AvgIpc) is 3.12. The van der Waals surface area contributed by atoms with Crippen LogP contribution in [0.4, 0.5) is 0 Å². The minimum atomic E-state index is 0.159. The standard InChI is InChI=1S/C16H22ClN3S/c1-3-8-20-16(12(17)10-19-20)15(18-4-2)14-9-11-6-5-7-13(11)21-14/h9-10,15,18H,3-8H2,1-2H3. The van der Waals surface area contributed by atoms with Crippen LogP contribution in [0.2, 0.25) is 5.02 Å². The molecule has 0 fully saturated rings. The maximum absolute atomic E-state index is 6.44. The summed E-state index contributed by atoms with van der Waals surface area (Å²) in [5.74, 6) is 0. The first-order chi connectivity index (χ1) is 10.2. The van der Waals surface area contributed by atoms with Crippen LogP contribution in [0.5, 0.6) is 0 Å². The summed E-state index contributed by atoms with van der Waals surface area (Å²) >= 11 is 8.38. The van der Waals surface area contributed by atoms with E-state index in [9.17, 15) is 0 Å². The van der Waals surface area contributed by atoms with Gasteiger partial charge in [-0.3, -0.25) is 4.68 Å². The van der Waals surface area contributed by atoms with Gasteiger partial charge < -0.3 is 5.32 Å². The molecule has 0 aromatic carbocycles. The monoisotopic (exact) mass is 323 g/mol. The lowest BCUT2D eigenvalue weighted by Gasteiger charge is -2.19. The molecule has 0 saturated carbocycles. The molecule has 1 N–H and O–H groups in total. The predicted molar refractivity (Wildman–Crippen MR) is 89.4 cm³/mol. The Morgan fingerprint density at radius 2 is 2.29 bits per heavy atom. The van der Waals surface area contributed by atoms with Crippen LogP contribution < -0.4 is 5.32 Å². The Kier molecular flexibility index (Phi) is 4.67. The van der Waals surface area contributed by atoms with Crippen LogP contribution >= 0.6 is 22.9 Å². The second kappa shape index (κ2) is 6.51. The third-order valence-electron chi connectivity index (χ3n) is 4.00. The number of thiophene rings is 1. The van der Waals surface area contributed by atoms with E-state index >= 15 is 0 Å². The minimum absolute atomic E-state index is 0.159. The van der Waals surface area contributed by atoms with E-state index in [4.69, 9.17) is 11.6 Å². The fraction of sp³-hybridized carbons (Fsp3) is 0.562. The number of nitrogens with zero attached hydrogens (tertiary/aromatic N) is 2.